The number of carbonyl (C=O) groups excluding carboxylic acids is 1. The second kappa shape index (κ2) is 8.76. The number of fused-ring (bicyclic) bond motifs is 1. The summed E-state index contributed by atoms with van der Waals surface area (Å²) in [6.07, 6.45) is 2.57. The molecule has 1 saturated heterocycles. The summed E-state index contributed by atoms with van der Waals surface area (Å²) in [6.45, 7) is 8.14. The summed E-state index contributed by atoms with van der Waals surface area (Å²) in [7, 11) is 2.16. The third kappa shape index (κ3) is 4.66. The standard InChI is InChI=1S/C23H28N4O2/c1-17-6-7-20-18(15-17)19(16-21(25-20)22-5-3-14-29-22)23(28)24-8-4-9-27-12-10-26(2)11-13-27/h3,5-7,14-16H,4,8-13H2,1-2H3,(H,24,28). The minimum Gasteiger partial charge on any atom is -0.463 e. The molecule has 3 heterocycles. The number of hydrogen-bond acceptors (Lipinski definition) is 5. The van der Waals surface area contributed by atoms with Gasteiger partial charge >= 0.3 is 0 Å². The zero-order valence-electron chi connectivity index (χ0n) is 17.1. The Kier molecular flexibility index (Phi) is 5.92. The molecule has 1 amide bonds. The molecule has 0 spiro atoms. The zero-order chi connectivity index (χ0) is 20.2. The van der Waals surface area contributed by atoms with Crippen LogP contribution >= 0.6 is 0 Å². The summed E-state index contributed by atoms with van der Waals surface area (Å²) in [4.78, 5) is 22.5. The second-order valence-electron chi connectivity index (χ2n) is 7.81. The fourth-order valence-electron chi connectivity index (χ4n) is 3.75. The van der Waals surface area contributed by atoms with Gasteiger partial charge in [-0.05, 0) is 57.3 Å². The van der Waals surface area contributed by atoms with Crippen LogP contribution < -0.4 is 5.32 Å². The van der Waals surface area contributed by atoms with E-state index in [9.17, 15) is 4.79 Å². The highest BCUT2D eigenvalue weighted by Gasteiger charge is 2.16. The molecule has 6 nitrogen and oxygen atoms in total. The lowest BCUT2D eigenvalue weighted by atomic mass is 10.0. The third-order valence-electron chi connectivity index (χ3n) is 5.52. The minimum atomic E-state index is -0.0609. The normalized spacial score (nSPS) is 15.7. The van der Waals surface area contributed by atoms with Gasteiger partial charge < -0.3 is 19.5 Å². The van der Waals surface area contributed by atoms with Gasteiger partial charge in [0.25, 0.3) is 5.91 Å². The van der Waals surface area contributed by atoms with Crippen LogP contribution in [0.25, 0.3) is 22.4 Å². The number of likely N-dealkylation sites (N-methyl/N-ethyl adjacent to an activating group) is 1. The molecule has 1 aromatic carbocycles. The van der Waals surface area contributed by atoms with Crippen molar-refractivity contribution in [1.29, 1.82) is 0 Å². The summed E-state index contributed by atoms with van der Waals surface area (Å²) in [5.74, 6) is 0.603. The maximum Gasteiger partial charge on any atom is 0.252 e. The smallest absolute Gasteiger partial charge is 0.252 e. The number of carbonyl (C=O) groups is 1. The van der Waals surface area contributed by atoms with E-state index < -0.39 is 0 Å². The van der Waals surface area contributed by atoms with E-state index in [-0.39, 0.29) is 5.91 Å². The molecule has 0 unspecified atom stereocenters. The highest BCUT2D eigenvalue weighted by molar-refractivity contribution is 6.07. The lowest BCUT2D eigenvalue weighted by Gasteiger charge is -2.32. The van der Waals surface area contributed by atoms with Gasteiger partial charge in [0.2, 0.25) is 0 Å². The van der Waals surface area contributed by atoms with E-state index in [4.69, 9.17) is 4.42 Å². The largest absolute Gasteiger partial charge is 0.463 e. The maximum absolute atomic E-state index is 13.0. The van der Waals surface area contributed by atoms with Gasteiger partial charge in [-0.1, -0.05) is 11.6 Å². The van der Waals surface area contributed by atoms with Crippen molar-refractivity contribution in [1.82, 2.24) is 20.1 Å². The predicted molar refractivity (Wildman–Crippen MR) is 115 cm³/mol. The van der Waals surface area contributed by atoms with Crippen LogP contribution in [0.3, 0.4) is 0 Å². The Labute approximate surface area is 171 Å². The minimum absolute atomic E-state index is 0.0609. The van der Waals surface area contributed by atoms with E-state index in [0.717, 1.165) is 55.6 Å². The van der Waals surface area contributed by atoms with Gasteiger partial charge in [-0.25, -0.2) is 4.98 Å². The van der Waals surface area contributed by atoms with Crippen LogP contribution in [-0.2, 0) is 0 Å². The number of pyridine rings is 1. The van der Waals surface area contributed by atoms with E-state index in [2.05, 4.69) is 27.1 Å². The van der Waals surface area contributed by atoms with Crippen molar-refractivity contribution >= 4 is 16.8 Å². The van der Waals surface area contributed by atoms with Crippen LogP contribution in [0.1, 0.15) is 22.3 Å². The van der Waals surface area contributed by atoms with Crippen LogP contribution in [0.4, 0.5) is 0 Å². The van der Waals surface area contributed by atoms with Crippen LogP contribution in [0.2, 0.25) is 0 Å². The fraction of sp³-hybridized carbons (Fsp3) is 0.391. The Hall–Kier alpha value is -2.70. The first-order chi connectivity index (χ1) is 14.1. The van der Waals surface area contributed by atoms with Gasteiger partial charge in [0.1, 0.15) is 5.69 Å². The molecule has 0 atom stereocenters. The molecule has 152 valence electrons. The number of piperazine rings is 1. The van der Waals surface area contributed by atoms with Crippen molar-refractivity contribution in [3.8, 4) is 11.5 Å². The van der Waals surface area contributed by atoms with Crippen molar-refractivity contribution in [2.24, 2.45) is 0 Å². The molecule has 29 heavy (non-hydrogen) atoms. The number of hydrogen-bond donors (Lipinski definition) is 1. The number of benzene rings is 1. The van der Waals surface area contributed by atoms with Gasteiger partial charge in [0.05, 0.1) is 17.3 Å². The molecule has 0 bridgehead atoms. The molecular formula is C23H28N4O2. The predicted octanol–water partition coefficient (Wildman–Crippen LogP) is 3.17. The second-order valence-corrected chi connectivity index (χ2v) is 7.81. The number of nitrogens with one attached hydrogen (secondary N) is 1. The molecule has 1 N–H and O–H groups in total. The molecule has 1 aliphatic rings. The Morgan fingerprint density at radius 3 is 2.76 bits per heavy atom. The Morgan fingerprint density at radius 2 is 2.00 bits per heavy atom. The molecule has 3 aromatic rings. The molecule has 0 radical (unpaired) electrons. The Bertz CT molecular complexity index is 976. The number of rotatable bonds is 6. The fourth-order valence-corrected chi connectivity index (χ4v) is 3.75. The lowest BCUT2D eigenvalue weighted by Crippen LogP contribution is -2.45. The SMILES string of the molecule is Cc1ccc2nc(-c3ccco3)cc(C(=O)NCCCN3CCN(C)CC3)c2c1. The summed E-state index contributed by atoms with van der Waals surface area (Å²) in [6, 6.07) is 11.5. The van der Waals surface area contributed by atoms with Crippen LogP contribution in [0, 0.1) is 6.92 Å². The maximum atomic E-state index is 13.0. The zero-order valence-corrected chi connectivity index (χ0v) is 17.1. The van der Waals surface area contributed by atoms with E-state index in [1.807, 2.05) is 43.3 Å². The van der Waals surface area contributed by atoms with Crippen molar-refractivity contribution in [3.63, 3.8) is 0 Å². The van der Waals surface area contributed by atoms with Gasteiger partial charge in [0.15, 0.2) is 5.76 Å². The average Bonchev–Trinajstić information content (AvgIpc) is 3.26. The molecule has 6 heteroatoms. The third-order valence-corrected chi connectivity index (χ3v) is 5.52. The van der Waals surface area contributed by atoms with Gasteiger partial charge in [0, 0.05) is 38.1 Å². The topological polar surface area (TPSA) is 61.6 Å². The van der Waals surface area contributed by atoms with Crippen molar-refractivity contribution in [2.75, 3.05) is 46.3 Å². The van der Waals surface area contributed by atoms with Gasteiger partial charge in [-0.15, -0.1) is 0 Å². The molecular weight excluding hydrogens is 364 g/mol. The van der Waals surface area contributed by atoms with E-state index >= 15 is 0 Å². The molecule has 1 aliphatic heterocycles. The summed E-state index contributed by atoms with van der Waals surface area (Å²) >= 11 is 0. The van der Waals surface area contributed by atoms with Crippen molar-refractivity contribution in [3.05, 3.63) is 53.8 Å². The van der Waals surface area contributed by atoms with Crippen LogP contribution in [0.15, 0.2) is 47.1 Å². The van der Waals surface area contributed by atoms with E-state index in [1.165, 1.54) is 0 Å². The first-order valence-corrected chi connectivity index (χ1v) is 10.2. The number of nitrogens with zero attached hydrogens (tertiary/aromatic N) is 3. The summed E-state index contributed by atoms with van der Waals surface area (Å²) in [5, 5.41) is 3.97. The van der Waals surface area contributed by atoms with E-state index in [1.54, 1.807) is 6.26 Å². The Morgan fingerprint density at radius 1 is 1.17 bits per heavy atom. The molecule has 0 aliphatic carbocycles. The number of aryl methyl sites for hydroxylation is 1. The molecule has 0 saturated carbocycles. The average molecular weight is 393 g/mol. The highest BCUT2D eigenvalue weighted by Crippen LogP contribution is 2.26. The summed E-state index contributed by atoms with van der Waals surface area (Å²) < 4.78 is 5.50. The van der Waals surface area contributed by atoms with Gasteiger partial charge in [-0.2, -0.15) is 0 Å². The monoisotopic (exact) mass is 392 g/mol. The van der Waals surface area contributed by atoms with Crippen molar-refractivity contribution < 1.29 is 9.21 Å². The first-order valence-electron chi connectivity index (χ1n) is 10.2. The molecule has 4 rings (SSSR count). The number of furan rings is 1. The van der Waals surface area contributed by atoms with Gasteiger partial charge in [-0.3, -0.25) is 4.79 Å². The number of amides is 1. The van der Waals surface area contributed by atoms with Crippen molar-refractivity contribution in [2.45, 2.75) is 13.3 Å². The van der Waals surface area contributed by atoms with Crippen LogP contribution in [-0.4, -0.2) is 67.0 Å². The highest BCUT2D eigenvalue weighted by atomic mass is 16.3. The lowest BCUT2D eigenvalue weighted by molar-refractivity contribution is 0.0951. The molecule has 2 aromatic heterocycles. The molecule has 1 fully saturated rings. The van der Waals surface area contributed by atoms with Crippen LogP contribution in [0.5, 0.6) is 0 Å². The van der Waals surface area contributed by atoms with E-state index in [0.29, 0.717) is 23.6 Å². The summed E-state index contributed by atoms with van der Waals surface area (Å²) in [5.41, 5.74) is 3.22. The Balaban J connectivity index is 1.46. The first kappa shape index (κ1) is 19.6. The number of aromatic nitrogens is 1. The quantitative estimate of drug-likeness (QED) is 0.653.